The number of hydrogen-bond acceptors (Lipinski definition) is 2. The van der Waals surface area contributed by atoms with Gasteiger partial charge in [-0.25, -0.2) is 0 Å². The van der Waals surface area contributed by atoms with Crippen molar-refractivity contribution < 1.29 is 5.11 Å². The first-order valence-corrected chi connectivity index (χ1v) is 2.41. The Bertz CT molecular complexity index is 80.1. The van der Waals surface area contributed by atoms with Crippen LogP contribution >= 0.6 is 0 Å². The molecule has 1 heterocycles. The van der Waals surface area contributed by atoms with E-state index in [2.05, 4.69) is 5.32 Å². The van der Waals surface area contributed by atoms with E-state index in [9.17, 15) is 0 Å². The first kappa shape index (κ1) is 4.81. The van der Waals surface area contributed by atoms with Crippen LogP contribution in [0.25, 0.3) is 0 Å². The zero-order valence-corrected chi connectivity index (χ0v) is 4.26. The van der Waals surface area contributed by atoms with Gasteiger partial charge in [0, 0.05) is 6.04 Å². The van der Waals surface area contributed by atoms with Crippen LogP contribution in [-0.2, 0) is 0 Å². The summed E-state index contributed by atoms with van der Waals surface area (Å²) in [6.45, 7) is 1.99. The van der Waals surface area contributed by atoms with Gasteiger partial charge in [0.25, 0.3) is 0 Å². The zero-order chi connectivity index (χ0) is 5.28. The van der Waals surface area contributed by atoms with Gasteiger partial charge in [-0.05, 0) is 13.0 Å². The van der Waals surface area contributed by atoms with E-state index in [4.69, 9.17) is 5.11 Å². The first-order chi connectivity index (χ1) is 3.29. The Morgan fingerprint density at radius 1 is 1.57 bits per heavy atom. The number of aliphatic hydroxyl groups is 1. The molecule has 1 aliphatic heterocycles. The minimum absolute atomic E-state index is 0.343. The van der Waals surface area contributed by atoms with Crippen molar-refractivity contribution in [1.82, 2.24) is 5.32 Å². The fourth-order valence-corrected chi connectivity index (χ4v) is 0.652. The Morgan fingerprint density at radius 3 is 2.43 bits per heavy atom. The molecule has 0 amide bonds. The molecular weight excluding hydrogens is 90.1 g/mol. The summed E-state index contributed by atoms with van der Waals surface area (Å²) in [5.41, 5.74) is 0. The van der Waals surface area contributed by atoms with E-state index >= 15 is 0 Å². The molecule has 0 fully saturated rings. The Morgan fingerprint density at radius 2 is 2.29 bits per heavy atom. The fourth-order valence-electron chi connectivity index (χ4n) is 0.652. The van der Waals surface area contributed by atoms with Crippen molar-refractivity contribution in [3.05, 3.63) is 12.2 Å². The van der Waals surface area contributed by atoms with Crippen molar-refractivity contribution in [3.8, 4) is 0 Å². The van der Waals surface area contributed by atoms with Crippen molar-refractivity contribution in [3.63, 3.8) is 0 Å². The molecular formula is C5H9NO. The van der Waals surface area contributed by atoms with Crippen LogP contribution in [0.5, 0.6) is 0 Å². The molecule has 1 rings (SSSR count). The van der Waals surface area contributed by atoms with Gasteiger partial charge in [0.1, 0.15) is 6.23 Å². The van der Waals surface area contributed by atoms with Crippen LogP contribution in [0.3, 0.4) is 0 Å². The van der Waals surface area contributed by atoms with Crippen LogP contribution < -0.4 is 5.32 Å². The lowest BCUT2D eigenvalue weighted by atomic mass is 10.4. The minimum Gasteiger partial charge on any atom is -0.375 e. The zero-order valence-electron chi connectivity index (χ0n) is 4.26. The summed E-state index contributed by atoms with van der Waals surface area (Å²) < 4.78 is 0. The van der Waals surface area contributed by atoms with Crippen molar-refractivity contribution in [2.75, 3.05) is 0 Å². The number of hydrogen-bond donors (Lipinski definition) is 2. The van der Waals surface area contributed by atoms with Crippen molar-refractivity contribution in [2.24, 2.45) is 0 Å². The molecule has 2 unspecified atom stereocenters. The third-order valence-electron chi connectivity index (χ3n) is 1.02. The number of rotatable bonds is 0. The van der Waals surface area contributed by atoms with E-state index in [0.717, 1.165) is 0 Å². The van der Waals surface area contributed by atoms with Crippen LogP contribution in [0.2, 0.25) is 0 Å². The van der Waals surface area contributed by atoms with Crippen molar-refractivity contribution >= 4 is 0 Å². The van der Waals surface area contributed by atoms with Crippen LogP contribution in [0.15, 0.2) is 12.2 Å². The standard InChI is InChI=1S/C5H9NO/c1-4-2-3-5(7)6-4/h2-7H,1H3. The summed E-state index contributed by atoms with van der Waals surface area (Å²) >= 11 is 0. The second-order valence-electron chi connectivity index (χ2n) is 1.79. The highest BCUT2D eigenvalue weighted by molar-refractivity contribution is 5.02. The van der Waals surface area contributed by atoms with E-state index in [1.807, 2.05) is 13.0 Å². The molecule has 1 aliphatic rings. The number of aliphatic hydroxyl groups excluding tert-OH is 1. The van der Waals surface area contributed by atoms with Crippen LogP contribution in [0, 0.1) is 0 Å². The normalized spacial score (nSPS) is 39.7. The lowest BCUT2D eigenvalue weighted by Crippen LogP contribution is -2.27. The Balaban J connectivity index is 2.42. The summed E-state index contributed by atoms with van der Waals surface area (Å²) in [5, 5.41) is 11.6. The molecule has 0 radical (unpaired) electrons. The third kappa shape index (κ3) is 1.01. The van der Waals surface area contributed by atoms with Crippen molar-refractivity contribution in [2.45, 2.75) is 19.2 Å². The lowest BCUT2D eigenvalue weighted by molar-refractivity contribution is 0.190. The first-order valence-electron chi connectivity index (χ1n) is 2.41. The predicted octanol–water partition coefficient (Wildman–Crippen LogP) is -0.147. The van der Waals surface area contributed by atoms with E-state index in [-0.39, 0.29) is 0 Å². The van der Waals surface area contributed by atoms with Gasteiger partial charge in [0.2, 0.25) is 0 Å². The molecule has 40 valence electrons. The van der Waals surface area contributed by atoms with Gasteiger partial charge in [-0.2, -0.15) is 0 Å². The molecule has 2 nitrogen and oxygen atoms in total. The fraction of sp³-hybridized carbons (Fsp3) is 0.600. The molecule has 0 spiro atoms. The Labute approximate surface area is 42.8 Å². The highest BCUT2D eigenvalue weighted by atomic mass is 16.3. The maximum Gasteiger partial charge on any atom is 0.124 e. The van der Waals surface area contributed by atoms with E-state index < -0.39 is 6.23 Å². The van der Waals surface area contributed by atoms with Gasteiger partial charge in [-0.3, -0.25) is 5.32 Å². The van der Waals surface area contributed by atoms with Gasteiger partial charge in [-0.1, -0.05) is 6.08 Å². The maximum absolute atomic E-state index is 8.70. The summed E-state index contributed by atoms with van der Waals surface area (Å²) in [5.74, 6) is 0. The van der Waals surface area contributed by atoms with Crippen LogP contribution in [-0.4, -0.2) is 17.4 Å². The largest absolute Gasteiger partial charge is 0.375 e. The van der Waals surface area contributed by atoms with Gasteiger partial charge in [-0.15, -0.1) is 0 Å². The molecule has 0 bridgehead atoms. The topological polar surface area (TPSA) is 32.3 Å². The van der Waals surface area contributed by atoms with E-state index in [1.165, 1.54) is 0 Å². The Hall–Kier alpha value is -0.340. The summed E-state index contributed by atoms with van der Waals surface area (Å²) in [7, 11) is 0. The lowest BCUT2D eigenvalue weighted by Gasteiger charge is -2.01. The summed E-state index contributed by atoms with van der Waals surface area (Å²) in [6.07, 6.45) is 3.27. The average molecular weight is 99.1 g/mol. The van der Waals surface area contributed by atoms with Crippen molar-refractivity contribution in [1.29, 1.82) is 0 Å². The third-order valence-corrected chi connectivity index (χ3v) is 1.02. The van der Waals surface area contributed by atoms with Gasteiger partial charge >= 0.3 is 0 Å². The quantitative estimate of drug-likeness (QED) is 0.414. The molecule has 0 aromatic carbocycles. The Kier molecular flexibility index (Phi) is 1.13. The molecule has 0 saturated carbocycles. The molecule has 0 saturated heterocycles. The molecule has 0 aliphatic carbocycles. The van der Waals surface area contributed by atoms with Crippen LogP contribution in [0.1, 0.15) is 6.92 Å². The molecule has 0 aromatic rings. The second kappa shape index (κ2) is 1.64. The summed E-state index contributed by atoms with van der Waals surface area (Å²) in [6, 6.07) is 0.343. The van der Waals surface area contributed by atoms with Gasteiger partial charge in [0.15, 0.2) is 0 Å². The summed E-state index contributed by atoms with van der Waals surface area (Å²) in [4.78, 5) is 0. The minimum atomic E-state index is -0.407. The molecule has 2 atom stereocenters. The molecule has 7 heavy (non-hydrogen) atoms. The molecule has 2 heteroatoms. The smallest absolute Gasteiger partial charge is 0.124 e. The maximum atomic E-state index is 8.70. The van der Waals surface area contributed by atoms with E-state index in [0.29, 0.717) is 6.04 Å². The van der Waals surface area contributed by atoms with E-state index in [1.54, 1.807) is 6.08 Å². The average Bonchev–Trinajstić information content (AvgIpc) is 1.87. The highest BCUT2D eigenvalue weighted by Crippen LogP contribution is 1.96. The molecule has 2 N–H and O–H groups in total. The van der Waals surface area contributed by atoms with Gasteiger partial charge < -0.3 is 5.11 Å². The predicted molar refractivity (Wildman–Crippen MR) is 27.7 cm³/mol. The van der Waals surface area contributed by atoms with Gasteiger partial charge in [0.05, 0.1) is 0 Å². The highest BCUT2D eigenvalue weighted by Gasteiger charge is 2.07. The number of nitrogens with one attached hydrogen (secondary N) is 1. The molecule has 0 aromatic heterocycles. The SMILES string of the molecule is CC1C=CC(O)N1. The van der Waals surface area contributed by atoms with Crippen LogP contribution in [0.4, 0.5) is 0 Å². The monoisotopic (exact) mass is 99.1 g/mol. The second-order valence-corrected chi connectivity index (χ2v) is 1.79.